The molecule has 158 valence electrons. The van der Waals surface area contributed by atoms with Crippen LogP contribution in [0.4, 0.5) is 4.39 Å². The second-order valence-corrected chi connectivity index (χ2v) is 7.53. The number of nitrogens with one attached hydrogen (secondary N) is 1. The van der Waals surface area contributed by atoms with Gasteiger partial charge in [-0.1, -0.05) is 12.1 Å². The molecule has 0 fully saturated rings. The second kappa shape index (κ2) is 7.81. The van der Waals surface area contributed by atoms with E-state index >= 15 is 0 Å². The minimum Gasteiger partial charge on any atom is -0.355 e. The third kappa shape index (κ3) is 3.45. The third-order valence-corrected chi connectivity index (χ3v) is 5.47. The number of hydrogen-bond acceptors (Lipinski definition) is 5. The summed E-state index contributed by atoms with van der Waals surface area (Å²) in [6.45, 7) is 2.04. The first kappa shape index (κ1) is 19.7. The summed E-state index contributed by atoms with van der Waals surface area (Å²) in [4.78, 5) is 16.2. The summed E-state index contributed by atoms with van der Waals surface area (Å²) in [6.07, 6.45) is 2.32. The maximum atomic E-state index is 14.4. The molecule has 0 aliphatic rings. The molecule has 0 unspecified atom stereocenters. The van der Waals surface area contributed by atoms with Crippen LogP contribution in [0.5, 0.6) is 0 Å². The van der Waals surface area contributed by atoms with E-state index in [9.17, 15) is 9.18 Å². The molecule has 32 heavy (non-hydrogen) atoms. The quantitative estimate of drug-likeness (QED) is 0.473. The molecule has 0 aliphatic carbocycles. The largest absolute Gasteiger partial charge is 0.355 e. The highest BCUT2D eigenvalue weighted by molar-refractivity contribution is 5.94. The summed E-state index contributed by atoms with van der Waals surface area (Å²) < 4.78 is 16.1. The van der Waals surface area contributed by atoms with Gasteiger partial charge in [0, 0.05) is 30.6 Å². The number of aryl methyl sites for hydroxylation is 1. The van der Waals surface area contributed by atoms with Crippen molar-refractivity contribution in [1.82, 2.24) is 30.1 Å². The predicted octanol–water partition coefficient (Wildman–Crippen LogP) is 3.74. The number of aromatic nitrogens is 5. The molecule has 7 nitrogen and oxygen atoms in total. The highest BCUT2D eigenvalue weighted by Crippen LogP contribution is 2.23. The summed E-state index contributed by atoms with van der Waals surface area (Å²) in [5.74, 6) is -0.400. The van der Waals surface area contributed by atoms with Gasteiger partial charge in [0.25, 0.3) is 5.91 Å². The van der Waals surface area contributed by atoms with Gasteiger partial charge in [0.2, 0.25) is 0 Å². The minimum absolute atomic E-state index is 0.0106. The van der Waals surface area contributed by atoms with Crippen LogP contribution in [-0.2, 0) is 6.42 Å². The van der Waals surface area contributed by atoms with Crippen LogP contribution in [0.25, 0.3) is 27.8 Å². The minimum atomic E-state index is -0.604. The Balaban J connectivity index is 1.53. The van der Waals surface area contributed by atoms with Crippen molar-refractivity contribution in [2.75, 3.05) is 7.05 Å². The number of nitrogens with zero attached hydrogens (tertiary/aromatic N) is 5. The predicted molar refractivity (Wildman–Crippen MR) is 119 cm³/mol. The Labute approximate surface area is 182 Å². The lowest BCUT2D eigenvalue weighted by Gasteiger charge is -2.08. The summed E-state index contributed by atoms with van der Waals surface area (Å²) in [7, 11) is 1.46. The average Bonchev–Trinajstić information content (AvgIpc) is 3.21. The van der Waals surface area contributed by atoms with Crippen LogP contribution in [0.2, 0.25) is 0 Å². The zero-order valence-corrected chi connectivity index (χ0v) is 17.5. The molecule has 0 saturated heterocycles. The Bertz CT molecular complexity index is 1490. The molecule has 3 heterocycles. The van der Waals surface area contributed by atoms with E-state index in [2.05, 4.69) is 37.7 Å². The van der Waals surface area contributed by atoms with Gasteiger partial charge in [-0.2, -0.15) is 9.61 Å². The molecule has 0 radical (unpaired) electrons. The Kier molecular flexibility index (Phi) is 4.82. The molecule has 1 amide bonds. The van der Waals surface area contributed by atoms with Crippen molar-refractivity contribution in [2.24, 2.45) is 0 Å². The number of halogens is 1. The molecule has 0 atom stereocenters. The van der Waals surface area contributed by atoms with Crippen molar-refractivity contribution in [3.8, 4) is 11.3 Å². The number of hydrogen-bond donors (Lipinski definition) is 1. The van der Waals surface area contributed by atoms with Crippen LogP contribution < -0.4 is 5.32 Å². The topological polar surface area (TPSA) is 85.1 Å². The smallest absolute Gasteiger partial charge is 0.253 e. The van der Waals surface area contributed by atoms with Gasteiger partial charge >= 0.3 is 0 Å². The normalized spacial score (nSPS) is 11.2. The number of amides is 1. The summed E-state index contributed by atoms with van der Waals surface area (Å²) in [6, 6.07) is 16.1. The first-order valence-corrected chi connectivity index (χ1v) is 10.1. The van der Waals surface area contributed by atoms with Crippen LogP contribution >= 0.6 is 0 Å². The van der Waals surface area contributed by atoms with E-state index in [1.165, 1.54) is 19.2 Å². The molecule has 2 aromatic carbocycles. The number of carbonyl (C=O) groups excluding carboxylic acids is 1. The highest BCUT2D eigenvalue weighted by Gasteiger charge is 2.14. The van der Waals surface area contributed by atoms with Crippen molar-refractivity contribution >= 4 is 22.5 Å². The average molecular weight is 426 g/mol. The first-order chi connectivity index (χ1) is 15.5. The SMILES string of the molecule is CNC(=O)c1ccc(-c2ccc3nnc(Cc4cc5cccnc5cc4C)n3n2)cc1F. The van der Waals surface area contributed by atoms with Gasteiger partial charge in [-0.15, -0.1) is 10.2 Å². The number of carbonyl (C=O) groups is 1. The van der Waals surface area contributed by atoms with E-state index in [4.69, 9.17) is 0 Å². The Morgan fingerprint density at radius 3 is 2.78 bits per heavy atom. The standard InChI is InChI=1S/C24H19FN6O/c1-14-10-21-15(4-3-9-27-21)11-17(14)13-23-29-28-22-8-7-20(30-31(22)23)16-5-6-18(19(25)12-16)24(32)26-2/h3-12H,13H2,1-2H3,(H,26,32). The number of fused-ring (bicyclic) bond motifs is 2. The van der Waals surface area contributed by atoms with Gasteiger partial charge in [0.1, 0.15) is 5.82 Å². The van der Waals surface area contributed by atoms with Gasteiger partial charge in [-0.05, 0) is 60.5 Å². The number of benzene rings is 2. The van der Waals surface area contributed by atoms with Crippen molar-refractivity contribution < 1.29 is 9.18 Å². The molecule has 5 rings (SSSR count). The lowest BCUT2D eigenvalue weighted by molar-refractivity contribution is 0.0959. The molecule has 5 aromatic rings. The van der Waals surface area contributed by atoms with Gasteiger partial charge in [-0.25, -0.2) is 4.39 Å². The Morgan fingerprint density at radius 2 is 1.97 bits per heavy atom. The van der Waals surface area contributed by atoms with Crippen molar-refractivity contribution in [2.45, 2.75) is 13.3 Å². The number of rotatable bonds is 4. The van der Waals surface area contributed by atoms with Crippen molar-refractivity contribution in [3.63, 3.8) is 0 Å². The van der Waals surface area contributed by atoms with Gasteiger partial charge < -0.3 is 5.32 Å². The first-order valence-electron chi connectivity index (χ1n) is 10.1. The third-order valence-electron chi connectivity index (χ3n) is 5.47. The molecule has 0 saturated carbocycles. The van der Waals surface area contributed by atoms with E-state index in [0.717, 1.165) is 22.0 Å². The molecular formula is C24H19FN6O. The fourth-order valence-corrected chi connectivity index (χ4v) is 3.72. The Morgan fingerprint density at radius 1 is 1.09 bits per heavy atom. The fraction of sp³-hybridized carbons (Fsp3) is 0.125. The van der Waals surface area contributed by atoms with Crippen LogP contribution in [-0.4, -0.2) is 37.8 Å². The molecule has 0 aliphatic heterocycles. The van der Waals surface area contributed by atoms with Crippen molar-refractivity contribution in [1.29, 1.82) is 0 Å². The molecule has 8 heteroatoms. The van der Waals surface area contributed by atoms with Crippen LogP contribution in [0, 0.1) is 12.7 Å². The molecule has 0 bridgehead atoms. The van der Waals surface area contributed by atoms with Crippen LogP contribution in [0.15, 0.2) is 60.8 Å². The molecule has 0 spiro atoms. The van der Waals surface area contributed by atoms with Gasteiger partial charge in [0.05, 0.1) is 16.8 Å². The molecular weight excluding hydrogens is 407 g/mol. The number of pyridine rings is 1. The molecule has 1 N–H and O–H groups in total. The Hall–Kier alpha value is -4.20. The fourth-order valence-electron chi connectivity index (χ4n) is 3.72. The lowest BCUT2D eigenvalue weighted by atomic mass is 10.0. The zero-order valence-electron chi connectivity index (χ0n) is 17.5. The lowest BCUT2D eigenvalue weighted by Crippen LogP contribution is -2.19. The monoisotopic (exact) mass is 426 g/mol. The maximum absolute atomic E-state index is 14.4. The summed E-state index contributed by atoms with van der Waals surface area (Å²) in [5.41, 5.74) is 4.87. The van der Waals surface area contributed by atoms with E-state index in [-0.39, 0.29) is 5.56 Å². The van der Waals surface area contributed by atoms with E-state index in [1.54, 1.807) is 28.9 Å². The summed E-state index contributed by atoms with van der Waals surface area (Å²) in [5, 5.41) is 16.7. The van der Waals surface area contributed by atoms with Crippen LogP contribution in [0.1, 0.15) is 27.3 Å². The van der Waals surface area contributed by atoms with E-state index in [1.807, 2.05) is 19.1 Å². The summed E-state index contributed by atoms with van der Waals surface area (Å²) >= 11 is 0. The molecule has 3 aromatic heterocycles. The van der Waals surface area contributed by atoms with E-state index in [0.29, 0.717) is 29.1 Å². The van der Waals surface area contributed by atoms with Crippen molar-refractivity contribution in [3.05, 3.63) is 89.1 Å². The maximum Gasteiger partial charge on any atom is 0.253 e. The van der Waals surface area contributed by atoms with Gasteiger partial charge in [-0.3, -0.25) is 9.78 Å². The highest BCUT2D eigenvalue weighted by atomic mass is 19.1. The second-order valence-electron chi connectivity index (χ2n) is 7.53. The van der Waals surface area contributed by atoms with Crippen LogP contribution in [0.3, 0.4) is 0 Å². The van der Waals surface area contributed by atoms with E-state index < -0.39 is 11.7 Å². The van der Waals surface area contributed by atoms with Gasteiger partial charge in [0.15, 0.2) is 11.5 Å². The zero-order chi connectivity index (χ0) is 22.2.